The molecule has 1 amide bonds. The Morgan fingerprint density at radius 3 is 2.65 bits per heavy atom. The van der Waals surface area contributed by atoms with Crippen molar-refractivity contribution in [1.82, 2.24) is 19.6 Å². The van der Waals surface area contributed by atoms with Gasteiger partial charge in [0.15, 0.2) is 0 Å². The van der Waals surface area contributed by atoms with Crippen molar-refractivity contribution in [2.24, 2.45) is 0 Å². The fourth-order valence-electron chi connectivity index (χ4n) is 4.08. The molecule has 1 N–H and O–H groups in total. The molecule has 0 atom stereocenters. The number of anilines is 1. The first-order valence-electron chi connectivity index (χ1n) is 11.1. The SMILES string of the molecule is COc1ccc(OC)c(NC(=O)Cn2nc(C3CC3)c3cnn(-c4ccccc4C)c3c2=O)c1. The number of carbonyl (C=O) groups excluding carboxylic acids is 1. The number of aryl methyl sites for hydroxylation is 1. The fourth-order valence-corrected chi connectivity index (χ4v) is 4.08. The minimum Gasteiger partial charge on any atom is -0.497 e. The largest absolute Gasteiger partial charge is 0.497 e. The van der Waals surface area contributed by atoms with E-state index in [1.807, 2.05) is 31.2 Å². The summed E-state index contributed by atoms with van der Waals surface area (Å²) in [5.41, 5.74) is 3.13. The lowest BCUT2D eigenvalue weighted by molar-refractivity contribution is -0.117. The summed E-state index contributed by atoms with van der Waals surface area (Å²) in [5, 5.41) is 12.6. The molecule has 34 heavy (non-hydrogen) atoms. The number of amides is 1. The van der Waals surface area contributed by atoms with E-state index < -0.39 is 5.91 Å². The van der Waals surface area contributed by atoms with Crippen LogP contribution in [0, 0.1) is 6.92 Å². The lowest BCUT2D eigenvalue weighted by atomic mass is 10.2. The van der Waals surface area contributed by atoms with Crippen molar-refractivity contribution < 1.29 is 14.3 Å². The van der Waals surface area contributed by atoms with Crippen molar-refractivity contribution in [3.63, 3.8) is 0 Å². The zero-order chi connectivity index (χ0) is 23.8. The maximum absolute atomic E-state index is 13.5. The molecule has 0 bridgehead atoms. The first-order valence-corrected chi connectivity index (χ1v) is 11.1. The summed E-state index contributed by atoms with van der Waals surface area (Å²) in [6.07, 6.45) is 3.71. The van der Waals surface area contributed by atoms with Crippen LogP contribution in [-0.2, 0) is 11.3 Å². The van der Waals surface area contributed by atoms with Crippen molar-refractivity contribution >= 4 is 22.5 Å². The monoisotopic (exact) mass is 459 g/mol. The third-order valence-corrected chi connectivity index (χ3v) is 5.99. The zero-order valence-electron chi connectivity index (χ0n) is 19.2. The van der Waals surface area contributed by atoms with Gasteiger partial charge in [0.1, 0.15) is 23.6 Å². The van der Waals surface area contributed by atoms with Gasteiger partial charge in [0.05, 0.1) is 37.5 Å². The van der Waals surface area contributed by atoms with Gasteiger partial charge in [-0.1, -0.05) is 18.2 Å². The molecular weight excluding hydrogens is 434 g/mol. The third kappa shape index (κ3) is 3.89. The molecule has 1 fully saturated rings. The molecule has 9 heteroatoms. The molecule has 9 nitrogen and oxygen atoms in total. The number of ether oxygens (including phenoxy) is 2. The van der Waals surface area contributed by atoms with Crippen LogP contribution in [0.1, 0.15) is 30.0 Å². The number of aromatic nitrogens is 4. The van der Waals surface area contributed by atoms with Gasteiger partial charge in [-0.05, 0) is 43.5 Å². The molecule has 2 aromatic heterocycles. The summed E-state index contributed by atoms with van der Waals surface area (Å²) in [5.74, 6) is 0.932. The van der Waals surface area contributed by atoms with Crippen LogP contribution in [0.2, 0.25) is 0 Å². The number of rotatable bonds is 7. The maximum Gasteiger partial charge on any atom is 0.293 e. The summed E-state index contributed by atoms with van der Waals surface area (Å²) in [4.78, 5) is 26.5. The van der Waals surface area contributed by atoms with Crippen molar-refractivity contribution in [2.75, 3.05) is 19.5 Å². The molecule has 5 rings (SSSR count). The van der Waals surface area contributed by atoms with Crippen LogP contribution in [-0.4, -0.2) is 39.7 Å². The number of fused-ring (bicyclic) bond motifs is 1. The summed E-state index contributed by atoms with van der Waals surface area (Å²) in [6, 6.07) is 12.9. The van der Waals surface area contributed by atoms with Crippen LogP contribution in [0.15, 0.2) is 53.5 Å². The van der Waals surface area contributed by atoms with Gasteiger partial charge < -0.3 is 14.8 Å². The van der Waals surface area contributed by atoms with Gasteiger partial charge in [0, 0.05) is 17.4 Å². The highest BCUT2D eigenvalue weighted by molar-refractivity contribution is 5.92. The van der Waals surface area contributed by atoms with E-state index >= 15 is 0 Å². The first-order chi connectivity index (χ1) is 16.5. The van der Waals surface area contributed by atoms with Gasteiger partial charge in [-0.2, -0.15) is 10.2 Å². The summed E-state index contributed by atoms with van der Waals surface area (Å²) >= 11 is 0. The fraction of sp³-hybridized carbons (Fsp3) is 0.280. The zero-order valence-corrected chi connectivity index (χ0v) is 19.2. The third-order valence-electron chi connectivity index (χ3n) is 5.99. The van der Waals surface area contributed by atoms with Gasteiger partial charge in [0.2, 0.25) is 5.91 Å². The molecule has 4 aromatic rings. The van der Waals surface area contributed by atoms with E-state index in [9.17, 15) is 9.59 Å². The average molecular weight is 460 g/mol. The Morgan fingerprint density at radius 1 is 1.15 bits per heavy atom. The van der Waals surface area contributed by atoms with E-state index in [1.165, 1.54) is 11.8 Å². The summed E-state index contributed by atoms with van der Waals surface area (Å²) in [7, 11) is 3.06. The Labute approximate surface area is 195 Å². The average Bonchev–Trinajstić information content (AvgIpc) is 3.59. The molecule has 2 heterocycles. The standard InChI is InChI=1S/C25H25N5O4/c1-15-6-4-5-7-20(15)30-24-18(13-26-30)23(16-8-9-16)28-29(25(24)32)14-22(31)27-19-12-17(33-2)10-11-21(19)34-3/h4-7,10-13,16H,8-9,14H2,1-3H3,(H,27,31). The second-order valence-corrected chi connectivity index (χ2v) is 8.34. The van der Waals surface area contributed by atoms with Crippen molar-refractivity contribution in [3.05, 3.63) is 70.3 Å². The number of para-hydroxylation sites is 1. The molecule has 1 aliphatic carbocycles. The molecule has 0 saturated heterocycles. The lowest BCUT2D eigenvalue weighted by Gasteiger charge is -2.13. The number of nitrogens with one attached hydrogen (secondary N) is 1. The Morgan fingerprint density at radius 2 is 1.94 bits per heavy atom. The minimum atomic E-state index is -0.399. The highest BCUT2D eigenvalue weighted by Gasteiger charge is 2.30. The van der Waals surface area contributed by atoms with Gasteiger partial charge in [0.25, 0.3) is 5.56 Å². The summed E-state index contributed by atoms with van der Waals surface area (Å²) < 4.78 is 13.5. The van der Waals surface area contributed by atoms with Crippen LogP contribution in [0.4, 0.5) is 5.69 Å². The number of carbonyl (C=O) groups is 1. The van der Waals surface area contributed by atoms with Crippen LogP contribution in [0.25, 0.3) is 16.6 Å². The number of methoxy groups -OCH3 is 2. The van der Waals surface area contributed by atoms with E-state index in [2.05, 4.69) is 15.5 Å². The van der Waals surface area contributed by atoms with E-state index in [1.54, 1.807) is 36.2 Å². The number of hydrogen-bond acceptors (Lipinski definition) is 6. The van der Waals surface area contributed by atoms with E-state index in [0.717, 1.165) is 35.2 Å². The van der Waals surface area contributed by atoms with Crippen LogP contribution < -0.4 is 20.3 Å². The number of nitrogens with zero attached hydrogens (tertiary/aromatic N) is 4. The molecular formula is C25H25N5O4. The van der Waals surface area contributed by atoms with Gasteiger partial charge in [-0.3, -0.25) is 9.59 Å². The second kappa shape index (κ2) is 8.66. The van der Waals surface area contributed by atoms with E-state index in [4.69, 9.17) is 9.47 Å². The lowest BCUT2D eigenvalue weighted by Crippen LogP contribution is -2.31. The normalized spacial score (nSPS) is 13.1. The maximum atomic E-state index is 13.5. The van der Waals surface area contributed by atoms with Gasteiger partial charge in [-0.15, -0.1) is 0 Å². The molecule has 1 saturated carbocycles. The van der Waals surface area contributed by atoms with Gasteiger partial charge in [-0.25, -0.2) is 9.36 Å². The second-order valence-electron chi connectivity index (χ2n) is 8.34. The summed E-state index contributed by atoms with van der Waals surface area (Å²) in [6.45, 7) is 1.73. The molecule has 0 radical (unpaired) electrons. The van der Waals surface area contributed by atoms with E-state index in [0.29, 0.717) is 22.7 Å². The molecule has 0 aliphatic heterocycles. The topological polar surface area (TPSA) is 100 Å². The van der Waals surface area contributed by atoms with Crippen molar-refractivity contribution in [1.29, 1.82) is 0 Å². The smallest absolute Gasteiger partial charge is 0.293 e. The Balaban J connectivity index is 1.55. The molecule has 0 spiro atoms. The molecule has 1 aliphatic rings. The number of benzene rings is 2. The predicted molar refractivity (Wildman–Crippen MR) is 128 cm³/mol. The van der Waals surface area contributed by atoms with Gasteiger partial charge >= 0.3 is 0 Å². The van der Waals surface area contributed by atoms with Crippen LogP contribution >= 0.6 is 0 Å². The highest BCUT2D eigenvalue weighted by atomic mass is 16.5. The van der Waals surface area contributed by atoms with Crippen molar-refractivity contribution in [3.8, 4) is 17.2 Å². The molecule has 2 aromatic carbocycles. The number of hydrogen-bond donors (Lipinski definition) is 1. The molecule has 174 valence electrons. The Kier molecular flexibility index (Phi) is 5.53. The van der Waals surface area contributed by atoms with Crippen LogP contribution in [0.5, 0.6) is 11.5 Å². The van der Waals surface area contributed by atoms with E-state index in [-0.39, 0.29) is 18.0 Å². The molecule has 0 unspecified atom stereocenters. The quantitative estimate of drug-likeness (QED) is 0.455. The minimum absolute atomic E-state index is 0.242. The predicted octanol–water partition coefficient (Wildman–Crippen LogP) is 3.42. The van der Waals surface area contributed by atoms with Crippen LogP contribution in [0.3, 0.4) is 0 Å². The first kappa shape index (κ1) is 21.7. The highest BCUT2D eigenvalue weighted by Crippen LogP contribution is 2.41. The Hall–Kier alpha value is -4.14. The van der Waals surface area contributed by atoms with Crippen molar-refractivity contribution in [2.45, 2.75) is 32.2 Å². The Bertz CT molecular complexity index is 1450.